The lowest BCUT2D eigenvalue weighted by molar-refractivity contribution is 0.0604. The average molecular weight is 381 g/mol. The second kappa shape index (κ2) is 7.41. The van der Waals surface area contributed by atoms with Crippen LogP contribution in [0.4, 0.5) is 0 Å². The molecule has 1 aromatic carbocycles. The summed E-state index contributed by atoms with van der Waals surface area (Å²) in [6.45, 7) is 2.80. The van der Waals surface area contributed by atoms with Gasteiger partial charge < -0.3 is 4.74 Å². The van der Waals surface area contributed by atoms with E-state index in [1.54, 1.807) is 31.5 Å². The summed E-state index contributed by atoms with van der Waals surface area (Å²) in [6, 6.07) is 8.89. The van der Waals surface area contributed by atoms with Gasteiger partial charge in [0.1, 0.15) is 4.90 Å². The molecule has 1 aliphatic rings. The third kappa shape index (κ3) is 3.87. The summed E-state index contributed by atoms with van der Waals surface area (Å²) in [5, 5.41) is 0.237. The van der Waals surface area contributed by atoms with Crippen molar-refractivity contribution in [3.8, 4) is 11.1 Å². The zero-order chi connectivity index (χ0) is 18.0. The molecule has 0 aliphatic carbocycles. The number of benzene rings is 1. The number of aryl methyl sites for hydroxylation is 1. The fourth-order valence-electron chi connectivity index (χ4n) is 3.06. The van der Waals surface area contributed by atoms with Gasteiger partial charge in [0.15, 0.2) is 0 Å². The Bertz CT molecular complexity index is 862. The number of hydrogen-bond donors (Lipinski definition) is 0. The van der Waals surface area contributed by atoms with Crippen LogP contribution >= 0.6 is 11.6 Å². The number of hydrogen-bond acceptors (Lipinski definition) is 4. The Kier molecular flexibility index (Phi) is 5.43. The number of sulfonamides is 1. The monoisotopic (exact) mass is 380 g/mol. The summed E-state index contributed by atoms with van der Waals surface area (Å²) >= 11 is 6.33. The Balaban J connectivity index is 1.88. The molecule has 5 nitrogen and oxygen atoms in total. The van der Waals surface area contributed by atoms with Crippen molar-refractivity contribution in [1.29, 1.82) is 0 Å². The van der Waals surface area contributed by atoms with Crippen molar-refractivity contribution < 1.29 is 13.2 Å². The van der Waals surface area contributed by atoms with Crippen LogP contribution in [0.25, 0.3) is 11.1 Å². The topological polar surface area (TPSA) is 59.5 Å². The van der Waals surface area contributed by atoms with Crippen LogP contribution in [-0.4, -0.2) is 44.0 Å². The van der Waals surface area contributed by atoms with Gasteiger partial charge in [-0.3, -0.25) is 4.98 Å². The zero-order valence-corrected chi connectivity index (χ0v) is 15.8. The summed E-state index contributed by atoms with van der Waals surface area (Å²) in [7, 11) is -1.94. The molecule has 0 radical (unpaired) electrons. The number of piperidine rings is 1. The van der Waals surface area contributed by atoms with Gasteiger partial charge in [0, 0.05) is 32.1 Å². The van der Waals surface area contributed by atoms with Gasteiger partial charge in [-0.15, -0.1) is 0 Å². The van der Waals surface area contributed by atoms with Gasteiger partial charge in [-0.05, 0) is 55.2 Å². The van der Waals surface area contributed by atoms with E-state index in [-0.39, 0.29) is 16.0 Å². The van der Waals surface area contributed by atoms with Crippen LogP contribution in [0.3, 0.4) is 0 Å². The number of methoxy groups -OCH3 is 1. The first-order chi connectivity index (χ1) is 11.9. The maximum atomic E-state index is 12.9. The van der Waals surface area contributed by atoms with Crippen LogP contribution in [-0.2, 0) is 14.8 Å². The van der Waals surface area contributed by atoms with Crippen molar-refractivity contribution in [2.45, 2.75) is 30.8 Å². The molecule has 1 fully saturated rings. The van der Waals surface area contributed by atoms with Crippen LogP contribution in [0, 0.1) is 6.92 Å². The molecule has 0 unspecified atom stereocenters. The highest BCUT2D eigenvalue weighted by molar-refractivity contribution is 7.89. The average Bonchev–Trinajstić information content (AvgIpc) is 2.61. The largest absolute Gasteiger partial charge is 0.381 e. The van der Waals surface area contributed by atoms with Crippen LogP contribution < -0.4 is 0 Å². The van der Waals surface area contributed by atoms with Gasteiger partial charge in [-0.2, -0.15) is 4.31 Å². The first-order valence-electron chi connectivity index (χ1n) is 8.17. The lowest BCUT2D eigenvalue weighted by Crippen LogP contribution is -2.40. The number of ether oxygens (including phenoxy) is 1. The Labute approximate surface area is 153 Å². The molecule has 0 spiro atoms. The summed E-state index contributed by atoms with van der Waals surface area (Å²) in [5.41, 5.74) is 2.72. The van der Waals surface area contributed by atoms with E-state index >= 15 is 0 Å². The maximum absolute atomic E-state index is 12.9. The fourth-order valence-corrected chi connectivity index (χ4v) is 5.05. The molecule has 25 heavy (non-hydrogen) atoms. The second-order valence-corrected chi connectivity index (χ2v) is 8.48. The molecule has 134 valence electrons. The molecule has 3 rings (SSSR count). The van der Waals surface area contributed by atoms with Gasteiger partial charge in [0.05, 0.1) is 11.1 Å². The highest BCUT2D eigenvalue weighted by Crippen LogP contribution is 2.31. The molecular formula is C18H21ClN2O3S. The molecule has 0 N–H and O–H groups in total. The minimum atomic E-state index is -3.60. The Morgan fingerprint density at radius 2 is 1.84 bits per heavy atom. The van der Waals surface area contributed by atoms with E-state index < -0.39 is 10.0 Å². The van der Waals surface area contributed by atoms with Crippen LogP contribution in [0.1, 0.15) is 18.5 Å². The lowest BCUT2D eigenvalue weighted by atomic mass is 10.1. The highest BCUT2D eigenvalue weighted by atomic mass is 35.5. The number of rotatable bonds is 4. The van der Waals surface area contributed by atoms with E-state index in [0.29, 0.717) is 25.9 Å². The summed E-state index contributed by atoms with van der Waals surface area (Å²) in [4.78, 5) is 4.33. The molecule has 1 saturated heterocycles. The molecule has 1 aliphatic heterocycles. The van der Waals surface area contributed by atoms with Crippen molar-refractivity contribution >= 4 is 21.6 Å². The SMILES string of the molecule is COC1CCN(S(=O)(=O)c2ccc(-c3ccnc(C)c3)cc2Cl)CC1. The van der Waals surface area contributed by atoms with Crippen molar-refractivity contribution in [3.05, 3.63) is 47.2 Å². The molecule has 1 aromatic heterocycles. The Hall–Kier alpha value is -1.47. The Morgan fingerprint density at radius 3 is 2.44 bits per heavy atom. The smallest absolute Gasteiger partial charge is 0.244 e. The van der Waals surface area contributed by atoms with Crippen molar-refractivity contribution in [2.24, 2.45) is 0 Å². The highest BCUT2D eigenvalue weighted by Gasteiger charge is 2.30. The van der Waals surface area contributed by atoms with Crippen LogP contribution in [0.15, 0.2) is 41.4 Å². The zero-order valence-electron chi connectivity index (χ0n) is 14.3. The first kappa shape index (κ1) is 18.3. The first-order valence-corrected chi connectivity index (χ1v) is 9.99. The quantitative estimate of drug-likeness (QED) is 0.814. The minimum absolute atomic E-state index is 0.124. The summed E-state index contributed by atoms with van der Waals surface area (Å²) < 4.78 is 32.6. The number of pyridine rings is 1. The predicted octanol–water partition coefficient (Wildman–Crippen LogP) is 3.51. The maximum Gasteiger partial charge on any atom is 0.244 e. The number of halogens is 1. The van der Waals surface area contributed by atoms with E-state index in [4.69, 9.17) is 16.3 Å². The minimum Gasteiger partial charge on any atom is -0.381 e. The molecule has 0 atom stereocenters. The van der Waals surface area contributed by atoms with E-state index in [2.05, 4.69) is 4.98 Å². The summed E-state index contributed by atoms with van der Waals surface area (Å²) in [5.74, 6) is 0. The van der Waals surface area contributed by atoms with Crippen LogP contribution in [0.5, 0.6) is 0 Å². The summed E-state index contributed by atoms with van der Waals surface area (Å²) in [6.07, 6.45) is 3.24. The molecule has 0 bridgehead atoms. The number of aromatic nitrogens is 1. The normalized spacial score (nSPS) is 16.9. The predicted molar refractivity (Wildman–Crippen MR) is 98.2 cm³/mol. The third-order valence-electron chi connectivity index (χ3n) is 4.51. The second-order valence-electron chi connectivity index (χ2n) is 6.17. The lowest BCUT2D eigenvalue weighted by Gasteiger charge is -2.30. The van der Waals surface area contributed by atoms with E-state index in [0.717, 1.165) is 16.8 Å². The Morgan fingerprint density at radius 1 is 1.16 bits per heavy atom. The molecular weight excluding hydrogens is 360 g/mol. The third-order valence-corrected chi connectivity index (χ3v) is 6.90. The van der Waals surface area contributed by atoms with Crippen molar-refractivity contribution in [1.82, 2.24) is 9.29 Å². The van der Waals surface area contributed by atoms with Crippen molar-refractivity contribution in [3.63, 3.8) is 0 Å². The van der Waals surface area contributed by atoms with E-state index in [1.165, 1.54) is 4.31 Å². The van der Waals surface area contributed by atoms with Crippen molar-refractivity contribution in [2.75, 3.05) is 20.2 Å². The van der Waals surface area contributed by atoms with Gasteiger partial charge >= 0.3 is 0 Å². The van der Waals surface area contributed by atoms with Gasteiger partial charge in [-0.1, -0.05) is 17.7 Å². The van der Waals surface area contributed by atoms with Gasteiger partial charge in [0.25, 0.3) is 0 Å². The number of nitrogens with zero attached hydrogens (tertiary/aromatic N) is 2. The standard InChI is InChI=1S/C18H21ClN2O3S/c1-13-11-15(5-8-20-13)14-3-4-18(17(19)12-14)25(22,23)21-9-6-16(24-2)7-10-21/h3-5,8,11-12,16H,6-7,9-10H2,1-2H3. The van der Waals surface area contributed by atoms with Gasteiger partial charge in [0.2, 0.25) is 10.0 Å². The molecule has 7 heteroatoms. The fraction of sp³-hybridized carbons (Fsp3) is 0.389. The van der Waals surface area contributed by atoms with Crippen LogP contribution in [0.2, 0.25) is 5.02 Å². The van der Waals surface area contributed by atoms with E-state index in [1.807, 2.05) is 19.1 Å². The molecule has 2 aromatic rings. The van der Waals surface area contributed by atoms with E-state index in [9.17, 15) is 8.42 Å². The molecule has 0 saturated carbocycles. The van der Waals surface area contributed by atoms with Gasteiger partial charge in [-0.25, -0.2) is 8.42 Å². The molecule has 2 heterocycles. The molecule has 0 amide bonds.